The molecule has 0 aliphatic carbocycles. The van der Waals surface area contributed by atoms with Crippen LogP contribution in [0.15, 0.2) is 36.4 Å². The van der Waals surface area contributed by atoms with Crippen LogP contribution in [-0.4, -0.2) is 41.4 Å². The number of ether oxygens (including phenoxy) is 1. The number of para-hydroxylation sites is 1. The summed E-state index contributed by atoms with van der Waals surface area (Å²) in [6.45, 7) is 3.86. The predicted molar refractivity (Wildman–Crippen MR) is 114 cm³/mol. The third-order valence-corrected chi connectivity index (χ3v) is 5.93. The second kappa shape index (κ2) is 8.54. The maximum Gasteiger partial charge on any atom is 0.311 e. The van der Waals surface area contributed by atoms with E-state index in [1.54, 1.807) is 18.3 Å². The average molecular weight is 414 g/mol. The van der Waals surface area contributed by atoms with Crippen LogP contribution in [0.2, 0.25) is 0 Å². The van der Waals surface area contributed by atoms with Gasteiger partial charge in [-0.2, -0.15) is 0 Å². The van der Waals surface area contributed by atoms with Gasteiger partial charge < -0.3 is 10.1 Å². The molecule has 0 unspecified atom stereocenters. The van der Waals surface area contributed by atoms with Crippen LogP contribution in [0.3, 0.4) is 0 Å². The number of nitrogens with zero attached hydrogens (tertiary/aromatic N) is 3. The first-order valence-corrected chi connectivity index (χ1v) is 9.80. The van der Waals surface area contributed by atoms with Crippen molar-refractivity contribution in [3.8, 4) is 5.75 Å². The molecule has 8 nitrogen and oxygen atoms in total. The SMILES string of the molecule is COc1cc(NC(=O)CN(C)[C@H](C)c2nc3ccccc3s2)c(C)cc1[N+](=O)[O-]. The number of carbonyl (C=O) groups excluding carboxylic acids is 1. The number of carbonyl (C=O) groups is 1. The number of fused-ring (bicyclic) bond motifs is 1. The molecule has 0 aliphatic rings. The Bertz CT molecular complexity index is 1030. The van der Waals surface area contributed by atoms with Gasteiger partial charge in [-0.25, -0.2) is 4.98 Å². The van der Waals surface area contributed by atoms with E-state index in [0.717, 1.165) is 15.2 Å². The number of hydrogen-bond donors (Lipinski definition) is 1. The van der Waals surface area contributed by atoms with Gasteiger partial charge in [0.05, 0.1) is 34.8 Å². The van der Waals surface area contributed by atoms with E-state index in [-0.39, 0.29) is 29.9 Å². The van der Waals surface area contributed by atoms with E-state index in [1.807, 2.05) is 43.1 Å². The molecule has 0 saturated carbocycles. The zero-order valence-corrected chi connectivity index (χ0v) is 17.4. The monoisotopic (exact) mass is 414 g/mol. The number of likely N-dealkylation sites (N-methyl/N-ethyl adjacent to an activating group) is 1. The maximum atomic E-state index is 12.6. The lowest BCUT2D eigenvalue weighted by Crippen LogP contribution is -2.32. The van der Waals surface area contributed by atoms with E-state index >= 15 is 0 Å². The summed E-state index contributed by atoms with van der Waals surface area (Å²) in [6, 6.07) is 10.8. The van der Waals surface area contributed by atoms with Gasteiger partial charge in [0.1, 0.15) is 5.01 Å². The molecule has 3 rings (SSSR count). The van der Waals surface area contributed by atoms with E-state index in [1.165, 1.54) is 19.2 Å². The first-order chi connectivity index (χ1) is 13.8. The van der Waals surface area contributed by atoms with Gasteiger partial charge in [-0.1, -0.05) is 12.1 Å². The topological polar surface area (TPSA) is 97.6 Å². The molecule has 0 saturated heterocycles. The number of amides is 1. The summed E-state index contributed by atoms with van der Waals surface area (Å²) >= 11 is 1.61. The van der Waals surface area contributed by atoms with Crippen molar-refractivity contribution in [2.24, 2.45) is 0 Å². The molecule has 0 aliphatic heterocycles. The molecule has 1 aromatic heterocycles. The highest BCUT2D eigenvalue weighted by Gasteiger charge is 2.21. The summed E-state index contributed by atoms with van der Waals surface area (Å²) in [6.07, 6.45) is 0. The second-order valence-electron chi connectivity index (χ2n) is 6.76. The number of thiazole rings is 1. The van der Waals surface area contributed by atoms with E-state index in [2.05, 4.69) is 10.3 Å². The minimum absolute atomic E-state index is 0.0364. The van der Waals surface area contributed by atoms with E-state index in [4.69, 9.17) is 4.74 Å². The summed E-state index contributed by atoms with van der Waals surface area (Å²) in [5, 5.41) is 14.9. The van der Waals surface area contributed by atoms with Crippen LogP contribution >= 0.6 is 11.3 Å². The Morgan fingerprint density at radius 3 is 2.76 bits per heavy atom. The standard InChI is InChI=1S/C20H22N4O4S/c1-12-9-16(24(26)27)17(28-4)10-15(12)21-19(25)11-23(3)13(2)20-22-14-7-5-6-8-18(14)29-20/h5-10,13H,11H2,1-4H3,(H,21,25)/t13-/m1/s1. The minimum Gasteiger partial charge on any atom is -0.490 e. The normalized spacial score (nSPS) is 12.2. The van der Waals surface area contributed by atoms with Crippen molar-refractivity contribution < 1.29 is 14.5 Å². The maximum absolute atomic E-state index is 12.6. The molecular formula is C20H22N4O4S. The Kier molecular flexibility index (Phi) is 6.09. The van der Waals surface area contributed by atoms with Gasteiger partial charge in [0, 0.05) is 17.8 Å². The van der Waals surface area contributed by atoms with Gasteiger partial charge in [0.15, 0.2) is 5.75 Å². The third kappa shape index (κ3) is 4.52. The van der Waals surface area contributed by atoms with Crippen LogP contribution in [0.1, 0.15) is 23.5 Å². The molecular weight excluding hydrogens is 392 g/mol. The van der Waals surface area contributed by atoms with Gasteiger partial charge in [-0.3, -0.25) is 19.8 Å². The molecule has 9 heteroatoms. The fraction of sp³-hybridized carbons (Fsp3) is 0.300. The predicted octanol–water partition coefficient (Wildman–Crippen LogP) is 4.15. The zero-order chi connectivity index (χ0) is 21.1. The van der Waals surface area contributed by atoms with E-state index in [9.17, 15) is 14.9 Å². The fourth-order valence-electron chi connectivity index (χ4n) is 2.92. The van der Waals surface area contributed by atoms with Crippen molar-refractivity contribution in [1.82, 2.24) is 9.88 Å². The van der Waals surface area contributed by atoms with Crippen molar-refractivity contribution in [1.29, 1.82) is 0 Å². The van der Waals surface area contributed by atoms with Crippen LogP contribution in [0.25, 0.3) is 10.2 Å². The molecule has 0 radical (unpaired) electrons. The van der Waals surface area contributed by atoms with Gasteiger partial charge in [0.2, 0.25) is 5.91 Å². The second-order valence-corrected chi connectivity index (χ2v) is 7.82. The summed E-state index contributed by atoms with van der Waals surface area (Å²) < 4.78 is 6.19. The Balaban J connectivity index is 1.70. The number of aryl methyl sites for hydroxylation is 1. The minimum atomic E-state index is -0.509. The lowest BCUT2D eigenvalue weighted by Gasteiger charge is -2.22. The van der Waals surface area contributed by atoms with Crippen LogP contribution in [-0.2, 0) is 4.79 Å². The Morgan fingerprint density at radius 1 is 1.38 bits per heavy atom. The first-order valence-electron chi connectivity index (χ1n) is 8.98. The Labute approximate surface area is 172 Å². The number of nitro benzene ring substituents is 1. The number of nitrogens with one attached hydrogen (secondary N) is 1. The van der Waals surface area contributed by atoms with E-state index in [0.29, 0.717) is 11.3 Å². The van der Waals surface area contributed by atoms with Crippen LogP contribution in [0.4, 0.5) is 11.4 Å². The number of nitro groups is 1. The van der Waals surface area contributed by atoms with Crippen molar-refractivity contribution in [2.75, 3.05) is 26.0 Å². The Hall–Kier alpha value is -3.04. The van der Waals surface area contributed by atoms with Crippen LogP contribution in [0.5, 0.6) is 5.75 Å². The van der Waals surface area contributed by atoms with Crippen molar-refractivity contribution in [3.63, 3.8) is 0 Å². The first kappa shape index (κ1) is 20.7. The quantitative estimate of drug-likeness (QED) is 0.461. The number of anilines is 1. The van der Waals surface area contributed by atoms with Gasteiger partial charge in [-0.05, 0) is 38.6 Å². The van der Waals surface area contributed by atoms with Gasteiger partial charge in [0.25, 0.3) is 0 Å². The molecule has 1 amide bonds. The molecule has 1 N–H and O–H groups in total. The summed E-state index contributed by atoms with van der Waals surface area (Å²) in [5.74, 6) is -0.119. The van der Waals surface area contributed by atoms with Crippen LogP contribution in [0, 0.1) is 17.0 Å². The number of rotatable bonds is 7. The summed E-state index contributed by atoms with van der Waals surface area (Å²) in [4.78, 5) is 29.7. The largest absolute Gasteiger partial charge is 0.490 e. The number of aromatic nitrogens is 1. The van der Waals surface area contributed by atoms with Crippen molar-refractivity contribution >= 4 is 38.8 Å². The molecule has 3 aromatic rings. The highest BCUT2D eigenvalue weighted by atomic mass is 32.1. The lowest BCUT2D eigenvalue weighted by molar-refractivity contribution is -0.385. The average Bonchev–Trinajstić information content (AvgIpc) is 3.12. The molecule has 1 atom stereocenters. The molecule has 29 heavy (non-hydrogen) atoms. The number of hydrogen-bond acceptors (Lipinski definition) is 7. The van der Waals surface area contributed by atoms with Crippen LogP contribution < -0.4 is 10.1 Å². The lowest BCUT2D eigenvalue weighted by atomic mass is 10.1. The summed E-state index contributed by atoms with van der Waals surface area (Å²) in [5.41, 5.74) is 1.89. The third-order valence-electron chi connectivity index (χ3n) is 4.72. The number of benzene rings is 2. The number of methoxy groups -OCH3 is 1. The van der Waals surface area contributed by atoms with E-state index < -0.39 is 4.92 Å². The van der Waals surface area contributed by atoms with Crippen molar-refractivity contribution in [2.45, 2.75) is 19.9 Å². The molecule has 1 heterocycles. The molecule has 0 spiro atoms. The fourth-order valence-corrected chi connectivity index (χ4v) is 4.01. The van der Waals surface area contributed by atoms with Gasteiger partial charge in [-0.15, -0.1) is 11.3 Å². The molecule has 0 fully saturated rings. The highest BCUT2D eigenvalue weighted by Crippen LogP contribution is 2.33. The van der Waals surface area contributed by atoms with Crippen molar-refractivity contribution in [3.05, 3.63) is 57.1 Å². The summed E-state index contributed by atoms with van der Waals surface area (Å²) in [7, 11) is 3.22. The zero-order valence-electron chi connectivity index (χ0n) is 16.6. The molecule has 152 valence electrons. The van der Waals surface area contributed by atoms with Gasteiger partial charge >= 0.3 is 5.69 Å². The Morgan fingerprint density at radius 2 is 2.10 bits per heavy atom. The molecule has 2 aromatic carbocycles. The molecule has 0 bridgehead atoms. The smallest absolute Gasteiger partial charge is 0.311 e. The highest BCUT2D eigenvalue weighted by molar-refractivity contribution is 7.18.